The summed E-state index contributed by atoms with van der Waals surface area (Å²) in [5.41, 5.74) is 0. The number of rotatable bonds is 8. The van der Waals surface area contributed by atoms with Crippen LogP contribution in [0.4, 0.5) is 0 Å². The van der Waals surface area contributed by atoms with Gasteiger partial charge < -0.3 is 15.0 Å². The highest BCUT2D eigenvalue weighted by Crippen LogP contribution is 2.02. The number of hydrogen-bond acceptors (Lipinski definition) is 3. The molecule has 0 atom stereocenters. The van der Waals surface area contributed by atoms with Crippen LogP contribution in [0, 0.1) is 5.92 Å². The van der Waals surface area contributed by atoms with Gasteiger partial charge in [-0.1, -0.05) is 13.8 Å². The van der Waals surface area contributed by atoms with E-state index in [1.165, 1.54) is 6.92 Å². The number of methoxy groups -OCH3 is 1. The maximum Gasteiger partial charge on any atom is 0.239 e. The molecule has 0 saturated heterocycles. The average molecular weight is 244 g/mol. The lowest BCUT2D eigenvalue weighted by molar-refractivity contribution is -0.134. The molecule has 0 unspecified atom stereocenters. The first-order valence-electron chi connectivity index (χ1n) is 5.98. The molecule has 100 valence electrons. The second-order valence-corrected chi connectivity index (χ2v) is 4.47. The molecule has 1 N–H and O–H groups in total. The van der Waals surface area contributed by atoms with Crippen LogP contribution in [0.2, 0.25) is 0 Å². The van der Waals surface area contributed by atoms with Gasteiger partial charge in [0.05, 0.1) is 13.2 Å². The lowest BCUT2D eigenvalue weighted by Crippen LogP contribution is -2.41. The van der Waals surface area contributed by atoms with E-state index < -0.39 is 0 Å². The number of carbonyl (C=O) groups excluding carboxylic acids is 2. The second-order valence-electron chi connectivity index (χ2n) is 4.47. The van der Waals surface area contributed by atoms with Crippen molar-refractivity contribution < 1.29 is 14.3 Å². The number of ether oxygens (including phenoxy) is 1. The van der Waals surface area contributed by atoms with E-state index in [0.29, 0.717) is 25.6 Å². The number of nitrogens with zero attached hydrogens (tertiary/aromatic N) is 1. The summed E-state index contributed by atoms with van der Waals surface area (Å²) >= 11 is 0. The molecule has 5 heteroatoms. The number of hydrogen-bond donors (Lipinski definition) is 1. The highest BCUT2D eigenvalue weighted by Gasteiger charge is 2.13. The van der Waals surface area contributed by atoms with Gasteiger partial charge in [-0.15, -0.1) is 0 Å². The molecule has 2 amide bonds. The SMILES string of the molecule is COCCNC(=O)CN(CCC(C)C)C(C)=O. The lowest BCUT2D eigenvalue weighted by Gasteiger charge is -2.21. The van der Waals surface area contributed by atoms with Gasteiger partial charge in [-0.2, -0.15) is 0 Å². The van der Waals surface area contributed by atoms with E-state index in [2.05, 4.69) is 19.2 Å². The molecule has 0 rings (SSSR count). The molecule has 0 bridgehead atoms. The zero-order chi connectivity index (χ0) is 13.3. The fraction of sp³-hybridized carbons (Fsp3) is 0.833. The predicted octanol–water partition coefficient (Wildman–Crippen LogP) is 0.644. The van der Waals surface area contributed by atoms with Crippen LogP contribution < -0.4 is 5.32 Å². The largest absolute Gasteiger partial charge is 0.383 e. The minimum Gasteiger partial charge on any atom is -0.383 e. The van der Waals surface area contributed by atoms with Crippen molar-refractivity contribution in [2.75, 3.05) is 33.4 Å². The molecule has 0 heterocycles. The van der Waals surface area contributed by atoms with E-state index in [1.54, 1.807) is 12.0 Å². The van der Waals surface area contributed by atoms with Crippen LogP contribution >= 0.6 is 0 Å². The fourth-order valence-corrected chi connectivity index (χ4v) is 1.28. The van der Waals surface area contributed by atoms with Crippen molar-refractivity contribution in [3.63, 3.8) is 0 Å². The Labute approximate surface area is 103 Å². The Bertz CT molecular complexity index is 242. The van der Waals surface area contributed by atoms with Gasteiger partial charge in [0.2, 0.25) is 11.8 Å². The maximum atomic E-state index is 11.5. The highest BCUT2D eigenvalue weighted by molar-refractivity contribution is 5.83. The molecule has 0 aliphatic carbocycles. The van der Waals surface area contributed by atoms with E-state index in [0.717, 1.165) is 6.42 Å². The van der Waals surface area contributed by atoms with Gasteiger partial charge in [-0.05, 0) is 12.3 Å². The number of nitrogens with one attached hydrogen (secondary N) is 1. The summed E-state index contributed by atoms with van der Waals surface area (Å²) in [5, 5.41) is 2.70. The summed E-state index contributed by atoms with van der Waals surface area (Å²) in [6, 6.07) is 0. The van der Waals surface area contributed by atoms with Gasteiger partial charge in [0, 0.05) is 27.1 Å². The summed E-state index contributed by atoms with van der Waals surface area (Å²) in [5.74, 6) is 0.321. The molecule has 17 heavy (non-hydrogen) atoms. The molecule has 5 nitrogen and oxygen atoms in total. The standard InChI is InChI=1S/C12H24N2O3/c1-10(2)5-7-14(11(3)15)9-12(16)13-6-8-17-4/h10H,5-9H2,1-4H3,(H,13,16). The van der Waals surface area contributed by atoms with Crippen LogP contribution in [0.25, 0.3) is 0 Å². The predicted molar refractivity (Wildman–Crippen MR) is 66.6 cm³/mol. The molecular weight excluding hydrogens is 220 g/mol. The Morgan fingerprint density at radius 1 is 1.35 bits per heavy atom. The van der Waals surface area contributed by atoms with Crippen molar-refractivity contribution in [3.8, 4) is 0 Å². The molecule has 0 radical (unpaired) electrons. The summed E-state index contributed by atoms with van der Waals surface area (Å²) < 4.78 is 4.83. The molecule has 0 saturated carbocycles. The Balaban J connectivity index is 3.98. The molecule has 0 aliphatic rings. The van der Waals surface area contributed by atoms with Crippen LogP contribution in [0.15, 0.2) is 0 Å². The molecule has 0 aromatic rings. The number of amides is 2. The molecular formula is C12H24N2O3. The second kappa shape index (κ2) is 8.98. The lowest BCUT2D eigenvalue weighted by atomic mass is 10.1. The van der Waals surface area contributed by atoms with Gasteiger partial charge in [0.1, 0.15) is 0 Å². The molecule has 0 aromatic heterocycles. The maximum absolute atomic E-state index is 11.5. The van der Waals surface area contributed by atoms with E-state index in [1.807, 2.05) is 0 Å². The van der Waals surface area contributed by atoms with Crippen molar-refractivity contribution in [2.24, 2.45) is 5.92 Å². The summed E-state index contributed by atoms with van der Waals surface area (Å²) in [7, 11) is 1.58. The zero-order valence-electron chi connectivity index (χ0n) is 11.3. The monoisotopic (exact) mass is 244 g/mol. The zero-order valence-corrected chi connectivity index (χ0v) is 11.3. The first-order chi connectivity index (χ1) is 7.97. The number of carbonyl (C=O) groups is 2. The van der Waals surface area contributed by atoms with Crippen LogP contribution in [0.3, 0.4) is 0 Å². The third-order valence-electron chi connectivity index (χ3n) is 2.38. The van der Waals surface area contributed by atoms with Gasteiger partial charge >= 0.3 is 0 Å². The highest BCUT2D eigenvalue weighted by atomic mass is 16.5. The average Bonchev–Trinajstić information content (AvgIpc) is 2.23. The van der Waals surface area contributed by atoms with Crippen molar-refractivity contribution in [1.82, 2.24) is 10.2 Å². The third-order valence-corrected chi connectivity index (χ3v) is 2.38. The Morgan fingerprint density at radius 3 is 2.47 bits per heavy atom. The van der Waals surface area contributed by atoms with Crippen LogP contribution in [0.1, 0.15) is 27.2 Å². The van der Waals surface area contributed by atoms with Crippen LogP contribution in [-0.2, 0) is 14.3 Å². The quantitative estimate of drug-likeness (QED) is 0.638. The summed E-state index contributed by atoms with van der Waals surface area (Å²) in [6.07, 6.45) is 0.908. The van der Waals surface area contributed by atoms with Crippen molar-refractivity contribution in [3.05, 3.63) is 0 Å². The molecule has 0 fully saturated rings. The van der Waals surface area contributed by atoms with E-state index in [9.17, 15) is 9.59 Å². The molecule has 0 spiro atoms. The van der Waals surface area contributed by atoms with Crippen molar-refractivity contribution in [1.29, 1.82) is 0 Å². The van der Waals surface area contributed by atoms with Gasteiger partial charge in [0.25, 0.3) is 0 Å². The molecule has 0 aromatic carbocycles. The minimum absolute atomic E-state index is 0.0625. The van der Waals surface area contributed by atoms with Crippen LogP contribution in [-0.4, -0.2) is 50.1 Å². The Morgan fingerprint density at radius 2 is 2.00 bits per heavy atom. The first kappa shape index (κ1) is 15.9. The van der Waals surface area contributed by atoms with Gasteiger partial charge in [0.15, 0.2) is 0 Å². The minimum atomic E-state index is -0.138. The normalized spacial score (nSPS) is 10.4. The van der Waals surface area contributed by atoms with E-state index >= 15 is 0 Å². The Hall–Kier alpha value is -1.10. The molecule has 0 aliphatic heterocycles. The van der Waals surface area contributed by atoms with Crippen molar-refractivity contribution in [2.45, 2.75) is 27.2 Å². The van der Waals surface area contributed by atoms with Crippen molar-refractivity contribution >= 4 is 11.8 Å². The van der Waals surface area contributed by atoms with Crippen LogP contribution in [0.5, 0.6) is 0 Å². The summed E-state index contributed by atoms with van der Waals surface area (Å²) in [4.78, 5) is 24.4. The van der Waals surface area contributed by atoms with Gasteiger partial charge in [-0.3, -0.25) is 9.59 Å². The Kier molecular flexibility index (Phi) is 8.40. The third kappa shape index (κ3) is 8.68. The van der Waals surface area contributed by atoms with E-state index in [-0.39, 0.29) is 18.4 Å². The van der Waals surface area contributed by atoms with E-state index in [4.69, 9.17) is 4.74 Å². The first-order valence-corrected chi connectivity index (χ1v) is 5.98. The topological polar surface area (TPSA) is 58.6 Å². The summed E-state index contributed by atoms with van der Waals surface area (Å²) in [6.45, 7) is 7.40. The van der Waals surface area contributed by atoms with Gasteiger partial charge in [-0.25, -0.2) is 0 Å². The smallest absolute Gasteiger partial charge is 0.239 e. The fourth-order valence-electron chi connectivity index (χ4n) is 1.28.